The molecule has 0 aliphatic heterocycles. The number of benzene rings is 1. The van der Waals surface area contributed by atoms with Crippen LogP contribution in [0.3, 0.4) is 0 Å². The van der Waals surface area contributed by atoms with Gasteiger partial charge in [0, 0.05) is 10.4 Å². The summed E-state index contributed by atoms with van der Waals surface area (Å²) < 4.78 is 12.1. The van der Waals surface area contributed by atoms with Crippen molar-refractivity contribution >= 4 is 49.9 Å². The Kier molecular flexibility index (Phi) is 8.03. The molecule has 0 fully saturated rings. The van der Waals surface area contributed by atoms with Gasteiger partial charge in [0.25, 0.3) is 5.56 Å². The average Bonchev–Trinajstić information content (AvgIpc) is 3.39. The van der Waals surface area contributed by atoms with Crippen molar-refractivity contribution < 1.29 is 19.1 Å². The minimum Gasteiger partial charge on any atom is -0.494 e. The van der Waals surface area contributed by atoms with Crippen LogP contribution in [-0.4, -0.2) is 39.6 Å². The number of amides is 1. The van der Waals surface area contributed by atoms with Crippen LogP contribution in [0, 0.1) is 19.8 Å². The molecular formula is C26H28N4O5S2. The van der Waals surface area contributed by atoms with Gasteiger partial charge in [0.05, 0.1) is 30.6 Å². The lowest BCUT2D eigenvalue weighted by molar-refractivity contribution is -0.116. The molecule has 0 aliphatic carbocycles. The van der Waals surface area contributed by atoms with Crippen molar-refractivity contribution in [1.82, 2.24) is 14.5 Å². The van der Waals surface area contributed by atoms with Gasteiger partial charge in [0.1, 0.15) is 22.0 Å². The minimum atomic E-state index is -0.468. The molecule has 0 radical (unpaired) electrons. The third-order valence-corrected chi connectivity index (χ3v) is 7.46. The first kappa shape index (κ1) is 26.5. The molecule has 0 unspecified atom stereocenters. The summed E-state index contributed by atoms with van der Waals surface area (Å²) in [5.41, 5.74) is 1.85. The van der Waals surface area contributed by atoms with Crippen LogP contribution in [0.5, 0.6) is 5.75 Å². The second-order valence-electron chi connectivity index (χ2n) is 8.82. The van der Waals surface area contributed by atoms with Crippen LogP contribution in [-0.2, 0) is 16.1 Å². The van der Waals surface area contributed by atoms with Gasteiger partial charge in [-0.25, -0.2) is 14.8 Å². The largest absolute Gasteiger partial charge is 0.494 e. The Morgan fingerprint density at radius 3 is 2.54 bits per heavy atom. The third kappa shape index (κ3) is 5.89. The predicted molar refractivity (Wildman–Crippen MR) is 146 cm³/mol. The Morgan fingerprint density at radius 2 is 1.86 bits per heavy atom. The number of hydrogen-bond acceptors (Lipinski definition) is 9. The lowest BCUT2D eigenvalue weighted by atomic mass is 10.0. The Labute approximate surface area is 222 Å². The van der Waals surface area contributed by atoms with Crippen LogP contribution < -0.4 is 15.6 Å². The number of fused-ring (bicyclic) bond motifs is 1. The van der Waals surface area contributed by atoms with Gasteiger partial charge in [-0.05, 0) is 44.4 Å². The number of anilines is 1. The maximum atomic E-state index is 13.4. The molecule has 0 atom stereocenters. The molecule has 0 spiro atoms. The third-order valence-electron chi connectivity index (χ3n) is 5.40. The molecule has 9 nitrogen and oxygen atoms in total. The number of carbonyl (C=O) groups excluding carboxylic acids is 2. The minimum absolute atomic E-state index is 0.211. The first-order valence-electron chi connectivity index (χ1n) is 11.8. The van der Waals surface area contributed by atoms with Crippen LogP contribution in [0.4, 0.5) is 5.13 Å². The Bertz CT molecular complexity index is 1500. The standard InChI is InChI=1S/C26H28N4O5S2/c1-6-34-18-9-7-17(8-10-18)20-16(5)36-23-21(20)24(32)30(13-27-23)11-19(31)29-26-28-15(4)22(37-26)25(33)35-12-14(2)3/h7-10,13-14H,6,11-12H2,1-5H3,(H,28,29,31). The monoisotopic (exact) mass is 540 g/mol. The summed E-state index contributed by atoms with van der Waals surface area (Å²) in [7, 11) is 0. The van der Waals surface area contributed by atoms with E-state index in [9.17, 15) is 14.4 Å². The summed E-state index contributed by atoms with van der Waals surface area (Å²) in [6, 6.07) is 7.56. The van der Waals surface area contributed by atoms with Crippen LogP contribution >= 0.6 is 22.7 Å². The maximum absolute atomic E-state index is 13.4. The number of rotatable bonds is 9. The van der Waals surface area contributed by atoms with Crippen molar-refractivity contribution in [1.29, 1.82) is 0 Å². The average molecular weight is 541 g/mol. The van der Waals surface area contributed by atoms with Gasteiger partial charge in [-0.2, -0.15) is 0 Å². The number of carbonyl (C=O) groups is 2. The van der Waals surface area contributed by atoms with Crippen molar-refractivity contribution in [2.75, 3.05) is 18.5 Å². The maximum Gasteiger partial charge on any atom is 0.350 e. The summed E-state index contributed by atoms with van der Waals surface area (Å²) in [6.45, 7) is 10.1. The number of thiazole rings is 1. The lowest BCUT2D eigenvalue weighted by Gasteiger charge is -2.07. The Morgan fingerprint density at radius 1 is 1.14 bits per heavy atom. The molecule has 4 aromatic rings. The van der Waals surface area contributed by atoms with Crippen molar-refractivity contribution in [3.05, 3.63) is 56.4 Å². The molecular weight excluding hydrogens is 512 g/mol. The van der Waals surface area contributed by atoms with Gasteiger partial charge in [0.2, 0.25) is 5.91 Å². The van der Waals surface area contributed by atoms with Crippen molar-refractivity contribution in [2.24, 2.45) is 5.92 Å². The highest BCUT2D eigenvalue weighted by Gasteiger charge is 2.20. The molecule has 0 saturated carbocycles. The van der Waals surface area contributed by atoms with Crippen LogP contribution in [0.15, 0.2) is 35.4 Å². The zero-order valence-electron chi connectivity index (χ0n) is 21.3. The fourth-order valence-corrected chi connectivity index (χ4v) is 5.62. The molecule has 37 heavy (non-hydrogen) atoms. The summed E-state index contributed by atoms with van der Waals surface area (Å²) in [6.07, 6.45) is 1.38. The molecule has 0 saturated heterocycles. The number of nitrogens with one attached hydrogen (secondary N) is 1. The fraction of sp³-hybridized carbons (Fsp3) is 0.346. The van der Waals surface area contributed by atoms with Crippen molar-refractivity contribution in [2.45, 2.75) is 41.2 Å². The summed E-state index contributed by atoms with van der Waals surface area (Å²) >= 11 is 2.48. The zero-order valence-corrected chi connectivity index (χ0v) is 22.9. The highest BCUT2D eigenvalue weighted by Crippen LogP contribution is 2.36. The van der Waals surface area contributed by atoms with E-state index in [-0.39, 0.29) is 23.2 Å². The number of nitrogens with zero attached hydrogens (tertiary/aromatic N) is 3. The smallest absolute Gasteiger partial charge is 0.350 e. The molecule has 1 aromatic carbocycles. The van der Waals surface area contributed by atoms with Gasteiger partial charge in [0.15, 0.2) is 5.13 Å². The molecule has 11 heteroatoms. The van der Waals surface area contributed by atoms with E-state index in [1.54, 1.807) is 6.92 Å². The second-order valence-corrected chi connectivity index (χ2v) is 11.0. The first-order valence-corrected chi connectivity index (χ1v) is 13.5. The number of thiophene rings is 1. The van der Waals surface area contributed by atoms with E-state index in [1.165, 1.54) is 22.2 Å². The Hall–Kier alpha value is -3.57. The number of aryl methyl sites for hydroxylation is 2. The number of hydrogen-bond donors (Lipinski definition) is 1. The van der Waals surface area contributed by atoms with Crippen molar-refractivity contribution in [3.8, 4) is 16.9 Å². The summed E-state index contributed by atoms with van der Waals surface area (Å²) in [5, 5.41) is 3.42. The molecule has 3 heterocycles. The highest BCUT2D eigenvalue weighted by molar-refractivity contribution is 7.19. The zero-order chi connectivity index (χ0) is 26.7. The number of ether oxygens (including phenoxy) is 2. The molecule has 1 N–H and O–H groups in total. The molecule has 3 aromatic heterocycles. The van der Waals surface area contributed by atoms with Crippen LogP contribution in [0.25, 0.3) is 21.3 Å². The molecule has 194 valence electrons. The van der Waals surface area contributed by atoms with Gasteiger partial charge >= 0.3 is 5.97 Å². The quantitative estimate of drug-likeness (QED) is 0.296. The fourth-order valence-electron chi connectivity index (χ4n) is 3.74. The Balaban J connectivity index is 1.55. The van der Waals surface area contributed by atoms with E-state index in [2.05, 4.69) is 15.3 Å². The van der Waals surface area contributed by atoms with E-state index in [1.807, 2.05) is 52.0 Å². The van der Waals surface area contributed by atoms with Gasteiger partial charge in [-0.1, -0.05) is 37.3 Å². The van der Waals surface area contributed by atoms with E-state index >= 15 is 0 Å². The predicted octanol–water partition coefficient (Wildman–Crippen LogP) is 5.05. The second kappa shape index (κ2) is 11.2. The van der Waals surface area contributed by atoms with E-state index < -0.39 is 11.9 Å². The van der Waals surface area contributed by atoms with Crippen LogP contribution in [0.2, 0.25) is 0 Å². The van der Waals surface area contributed by atoms with Crippen molar-refractivity contribution in [3.63, 3.8) is 0 Å². The SMILES string of the molecule is CCOc1ccc(-c2c(C)sc3ncn(CC(=O)Nc4nc(C)c(C(=O)OCC(C)C)s4)c(=O)c23)cc1. The molecule has 0 aliphatic rings. The summed E-state index contributed by atoms with van der Waals surface area (Å²) in [4.78, 5) is 49.1. The van der Waals surface area contributed by atoms with E-state index in [0.717, 1.165) is 33.1 Å². The van der Waals surface area contributed by atoms with E-state index in [4.69, 9.17) is 9.47 Å². The van der Waals surface area contributed by atoms with Gasteiger partial charge in [-0.15, -0.1) is 11.3 Å². The lowest BCUT2D eigenvalue weighted by Crippen LogP contribution is -2.27. The summed E-state index contributed by atoms with van der Waals surface area (Å²) in [5.74, 6) is 0.0466. The molecule has 4 rings (SSSR count). The van der Waals surface area contributed by atoms with Crippen LogP contribution in [0.1, 0.15) is 41.0 Å². The molecule has 0 bridgehead atoms. The number of aromatic nitrogens is 3. The topological polar surface area (TPSA) is 112 Å². The first-order chi connectivity index (χ1) is 17.7. The molecule has 1 amide bonds. The van der Waals surface area contributed by atoms with Gasteiger partial charge in [-0.3, -0.25) is 14.2 Å². The van der Waals surface area contributed by atoms with E-state index in [0.29, 0.717) is 34.0 Å². The normalized spacial score (nSPS) is 11.2. The van der Waals surface area contributed by atoms with Gasteiger partial charge < -0.3 is 14.8 Å². The highest BCUT2D eigenvalue weighted by atomic mass is 32.1. The number of esters is 1.